The molecule has 0 N–H and O–H groups in total. The molecule has 0 saturated heterocycles. The molecular weight excluding hydrogens is 593 g/mol. The predicted molar refractivity (Wildman–Crippen MR) is 124 cm³/mol. The summed E-state index contributed by atoms with van der Waals surface area (Å²) in [7, 11) is -1.18. The van der Waals surface area contributed by atoms with E-state index < -0.39 is 78.8 Å². The normalized spacial score (nSPS) is 15.0. The fraction of sp³-hybridized carbons (Fsp3) is 0.368. The number of hydrogen-bond acceptors (Lipinski definition) is 7. The van der Waals surface area contributed by atoms with Gasteiger partial charge in [-0.1, -0.05) is 28.4 Å². The van der Waals surface area contributed by atoms with Crippen LogP contribution < -0.4 is 0 Å². The number of alkyl halides is 6. The number of aliphatic imine (C=N–C) groups is 1. The SMILES string of the molecule is CCOC=Nc1c(S(=O)C(F)(F)F)c(C2=NOCN2C(=O)N(C)C)nn1-c1c(Cl)cc(C(F)(F)F)cc1Cl. The average molecular weight is 609 g/mol. The lowest BCUT2D eigenvalue weighted by atomic mass is 10.2. The Bertz CT molecular complexity index is 1310. The number of nitrogens with zero attached hydrogens (tertiary/aromatic N) is 6. The zero-order chi connectivity index (χ0) is 28.6. The highest BCUT2D eigenvalue weighted by molar-refractivity contribution is 7.86. The number of carbonyl (C=O) groups is 1. The van der Waals surface area contributed by atoms with E-state index in [1.807, 2.05) is 0 Å². The molecule has 1 aromatic heterocycles. The Balaban J connectivity index is 2.40. The fourth-order valence-corrected chi connectivity index (χ4v) is 4.50. The van der Waals surface area contributed by atoms with Gasteiger partial charge in [0.25, 0.3) is 0 Å². The molecule has 10 nitrogen and oxygen atoms in total. The minimum Gasteiger partial charge on any atom is -0.483 e. The second-order valence-electron chi connectivity index (χ2n) is 7.38. The van der Waals surface area contributed by atoms with Crippen LogP contribution in [0.15, 0.2) is 27.2 Å². The summed E-state index contributed by atoms with van der Waals surface area (Å²) in [4.78, 5) is 21.9. The zero-order valence-electron chi connectivity index (χ0n) is 19.4. The summed E-state index contributed by atoms with van der Waals surface area (Å²) in [5.74, 6) is -1.40. The number of oxime groups is 1. The minimum atomic E-state index is -5.37. The molecule has 0 bridgehead atoms. The summed E-state index contributed by atoms with van der Waals surface area (Å²) in [6.45, 7) is 1.02. The van der Waals surface area contributed by atoms with Gasteiger partial charge in [0.15, 0.2) is 35.4 Å². The molecule has 2 amide bonds. The Morgan fingerprint density at radius 2 is 1.84 bits per heavy atom. The molecule has 0 spiro atoms. The highest BCUT2D eigenvalue weighted by atomic mass is 35.5. The summed E-state index contributed by atoms with van der Waals surface area (Å²) in [6, 6.07) is 0.154. The van der Waals surface area contributed by atoms with E-state index in [9.17, 15) is 35.3 Å². The van der Waals surface area contributed by atoms with Gasteiger partial charge in [0.1, 0.15) is 10.6 Å². The van der Waals surface area contributed by atoms with Gasteiger partial charge in [-0.3, -0.25) is 0 Å². The molecule has 1 aromatic carbocycles. The summed E-state index contributed by atoms with van der Waals surface area (Å²) < 4.78 is 99.2. The van der Waals surface area contributed by atoms with Crippen molar-refractivity contribution in [3.63, 3.8) is 0 Å². The van der Waals surface area contributed by atoms with Crippen molar-refractivity contribution in [3.8, 4) is 5.69 Å². The van der Waals surface area contributed by atoms with Gasteiger partial charge in [-0.15, -0.1) is 0 Å². The lowest BCUT2D eigenvalue weighted by Crippen LogP contribution is -2.42. The van der Waals surface area contributed by atoms with Crippen LogP contribution in [0.5, 0.6) is 0 Å². The molecule has 38 heavy (non-hydrogen) atoms. The first kappa shape index (κ1) is 29.5. The van der Waals surface area contributed by atoms with Crippen LogP contribution in [0.4, 0.5) is 37.0 Å². The molecule has 1 aliphatic heterocycles. The van der Waals surface area contributed by atoms with Gasteiger partial charge in [0.2, 0.25) is 5.84 Å². The number of amidine groups is 1. The molecule has 1 aliphatic rings. The Morgan fingerprint density at radius 3 is 2.34 bits per heavy atom. The van der Waals surface area contributed by atoms with Crippen LogP contribution in [0.25, 0.3) is 5.69 Å². The van der Waals surface area contributed by atoms with Crippen LogP contribution in [0.2, 0.25) is 10.0 Å². The summed E-state index contributed by atoms with van der Waals surface area (Å²) in [6.07, 6.45) is -4.15. The van der Waals surface area contributed by atoms with Crippen molar-refractivity contribution >= 4 is 58.1 Å². The number of urea groups is 1. The van der Waals surface area contributed by atoms with Gasteiger partial charge < -0.3 is 14.5 Å². The third kappa shape index (κ3) is 5.83. The molecule has 208 valence electrons. The first-order chi connectivity index (χ1) is 17.6. The standard InChI is InChI=1S/C19H16Cl2F6N6O4S/c1-4-36-7-28-16-14(38(35)19(25,26)27)12(15-30-37-8-32(15)17(34)31(2)3)29-33(16)13-10(20)5-9(6-11(13)21)18(22,23)24/h5-7H,4,8H2,1-3H3. The van der Waals surface area contributed by atoms with E-state index in [1.54, 1.807) is 0 Å². The van der Waals surface area contributed by atoms with Gasteiger partial charge in [-0.2, -0.15) is 36.4 Å². The number of rotatable bonds is 6. The van der Waals surface area contributed by atoms with Crippen LogP contribution in [-0.2, 0) is 26.6 Å². The highest BCUT2D eigenvalue weighted by Gasteiger charge is 2.46. The maximum absolute atomic E-state index is 13.8. The zero-order valence-corrected chi connectivity index (χ0v) is 21.7. The molecule has 0 saturated carbocycles. The summed E-state index contributed by atoms with van der Waals surface area (Å²) in [5.41, 5.74) is -7.94. The third-order valence-electron chi connectivity index (χ3n) is 4.61. The highest BCUT2D eigenvalue weighted by Crippen LogP contribution is 2.42. The van der Waals surface area contributed by atoms with Crippen LogP contribution in [-0.4, -0.2) is 75.0 Å². The van der Waals surface area contributed by atoms with E-state index in [0.717, 1.165) is 9.80 Å². The van der Waals surface area contributed by atoms with E-state index in [0.29, 0.717) is 23.2 Å². The smallest absolute Gasteiger partial charge is 0.476 e. The molecule has 2 heterocycles. The lowest BCUT2D eigenvalue weighted by molar-refractivity contribution is -0.137. The lowest BCUT2D eigenvalue weighted by Gasteiger charge is -2.19. The van der Waals surface area contributed by atoms with E-state index in [4.69, 9.17) is 32.8 Å². The summed E-state index contributed by atoms with van der Waals surface area (Å²) >= 11 is 12.1. The van der Waals surface area contributed by atoms with Crippen LogP contribution in [0, 0.1) is 0 Å². The van der Waals surface area contributed by atoms with Crippen LogP contribution >= 0.6 is 23.2 Å². The second-order valence-corrected chi connectivity index (χ2v) is 9.60. The maximum Gasteiger partial charge on any atom is 0.476 e. The van der Waals surface area contributed by atoms with Crippen LogP contribution in [0.3, 0.4) is 0 Å². The van der Waals surface area contributed by atoms with Crippen molar-refractivity contribution in [2.24, 2.45) is 10.1 Å². The van der Waals surface area contributed by atoms with Crippen molar-refractivity contribution < 1.29 is 44.9 Å². The van der Waals surface area contributed by atoms with E-state index in [1.165, 1.54) is 21.0 Å². The second kappa shape index (κ2) is 11.0. The largest absolute Gasteiger partial charge is 0.483 e. The van der Waals surface area contributed by atoms with E-state index in [2.05, 4.69) is 15.2 Å². The van der Waals surface area contributed by atoms with Crippen molar-refractivity contribution in [2.75, 3.05) is 27.4 Å². The third-order valence-corrected chi connectivity index (χ3v) is 6.35. The summed E-state index contributed by atoms with van der Waals surface area (Å²) in [5, 5.41) is 6.18. The van der Waals surface area contributed by atoms with Gasteiger partial charge in [-0.25, -0.2) is 18.6 Å². The Labute approximate surface area is 222 Å². The van der Waals surface area contributed by atoms with Crippen LogP contribution in [0.1, 0.15) is 18.2 Å². The van der Waals surface area contributed by atoms with Crippen molar-refractivity contribution in [2.45, 2.75) is 23.5 Å². The van der Waals surface area contributed by atoms with Gasteiger partial charge >= 0.3 is 17.7 Å². The Kier molecular flexibility index (Phi) is 8.52. The van der Waals surface area contributed by atoms with Gasteiger partial charge in [-0.05, 0) is 19.1 Å². The molecule has 0 radical (unpaired) electrons. The molecule has 3 rings (SSSR count). The number of benzene rings is 1. The monoisotopic (exact) mass is 608 g/mol. The number of halogens is 8. The van der Waals surface area contributed by atoms with Gasteiger partial charge in [0, 0.05) is 14.1 Å². The molecular formula is C19H16Cl2F6N6O4S. The first-order valence-corrected chi connectivity index (χ1v) is 12.0. The van der Waals surface area contributed by atoms with Crippen molar-refractivity contribution in [1.82, 2.24) is 19.6 Å². The van der Waals surface area contributed by atoms with Gasteiger partial charge in [0.05, 0.1) is 22.2 Å². The average Bonchev–Trinajstić information content (AvgIpc) is 3.41. The van der Waals surface area contributed by atoms with Crippen molar-refractivity contribution in [1.29, 1.82) is 0 Å². The van der Waals surface area contributed by atoms with E-state index in [-0.39, 0.29) is 6.61 Å². The fourth-order valence-electron chi connectivity index (χ4n) is 3.01. The predicted octanol–water partition coefficient (Wildman–Crippen LogP) is 5.15. The topological polar surface area (TPSA) is 102 Å². The number of amides is 2. The quantitative estimate of drug-likeness (QED) is 0.256. The Morgan fingerprint density at radius 1 is 1.24 bits per heavy atom. The molecule has 0 fully saturated rings. The molecule has 2 aromatic rings. The molecule has 19 heteroatoms. The number of aromatic nitrogens is 2. The Hall–Kier alpha value is -3.05. The van der Waals surface area contributed by atoms with Crippen molar-refractivity contribution in [3.05, 3.63) is 33.4 Å². The van der Waals surface area contributed by atoms with E-state index >= 15 is 0 Å². The minimum absolute atomic E-state index is 0.0235. The number of hydrogen-bond donors (Lipinski definition) is 0. The number of carbonyl (C=O) groups excluding carboxylic acids is 1. The molecule has 1 atom stereocenters. The first-order valence-electron chi connectivity index (χ1n) is 10.1. The molecule has 1 unspecified atom stereocenters. The molecule has 0 aliphatic carbocycles. The maximum atomic E-state index is 13.8. The number of ether oxygens (including phenoxy) is 1.